The number of hydrogen-bond acceptors (Lipinski definition) is 5. The summed E-state index contributed by atoms with van der Waals surface area (Å²) in [5.74, 6) is 1.17. The molecule has 1 amide bonds. The maximum Gasteiger partial charge on any atom is 0.310 e. The lowest BCUT2D eigenvalue weighted by Gasteiger charge is -2.23. The van der Waals surface area contributed by atoms with E-state index in [1.165, 1.54) is 6.42 Å². The molecule has 2 aromatic rings. The zero-order valence-corrected chi connectivity index (χ0v) is 14.7. The molecule has 1 N–H and O–H groups in total. The summed E-state index contributed by atoms with van der Waals surface area (Å²) in [4.78, 5) is 25.5. The smallest absolute Gasteiger partial charge is 0.310 e. The van der Waals surface area contributed by atoms with E-state index in [0.717, 1.165) is 19.3 Å². The van der Waals surface area contributed by atoms with Gasteiger partial charge in [0.15, 0.2) is 5.82 Å². The van der Waals surface area contributed by atoms with Gasteiger partial charge in [-0.15, -0.1) is 0 Å². The van der Waals surface area contributed by atoms with Crippen LogP contribution in [0.1, 0.15) is 43.1 Å². The first-order valence-corrected chi connectivity index (χ1v) is 9.10. The molecule has 6 heteroatoms. The van der Waals surface area contributed by atoms with E-state index in [-0.39, 0.29) is 11.9 Å². The lowest BCUT2D eigenvalue weighted by molar-refractivity contribution is -0.160. The SMILES string of the molecule is Cc1cc(NC(=O)[C@@H](OC(=O)[C@H]2C[C@H]3CC[C@H]2C3)c2ccccc2)no1. The minimum absolute atomic E-state index is 0.0814. The number of hydrogen-bond donors (Lipinski definition) is 1. The predicted molar refractivity (Wildman–Crippen MR) is 94.1 cm³/mol. The Kier molecular flexibility index (Phi) is 4.49. The summed E-state index contributed by atoms with van der Waals surface area (Å²) in [6.07, 6.45) is 3.29. The Balaban J connectivity index is 1.51. The molecule has 4 rings (SSSR count). The second-order valence-corrected chi connectivity index (χ2v) is 7.32. The number of aryl methyl sites for hydroxylation is 1. The summed E-state index contributed by atoms with van der Waals surface area (Å²) >= 11 is 0. The zero-order chi connectivity index (χ0) is 18.1. The maximum atomic E-state index is 12.8. The summed E-state index contributed by atoms with van der Waals surface area (Å²) < 4.78 is 10.7. The molecule has 136 valence electrons. The van der Waals surface area contributed by atoms with Gasteiger partial charge in [0, 0.05) is 11.6 Å². The van der Waals surface area contributed by atoms with Crippen molar-refractivity contribution >= 4 is 17.7 Å². The third-order valence-corrected chi connectivity index (χ3v) is 5.49. The third-order valence-electron chi connectivity index (χ3n) is 5.49. The van der Waals surface area contributed by atoms with Crippen molar-refractivity contribution in [2.24, 2.45) is 17.8 Å². The second kappa shape index (κ2) is 6.94. The number of benzene rings is 1. The van der Waals surface area contributed by atoms with Crippen molar-refractivity contribution < 1.29 is 18.8 Å². The highest BCUT2D eigenvalue weighted by Crippen LogP contribution is 2.49. The van der Waals surface area contributed by atoms with Crippen LogP contribution >= 0.6 is 0 Å². The number of fused-ring (bicyclic) bond motifs is 2. The van der Waals surface area contributed by atoms with Gasteiger partial charge < -0.3 is 14.6 Å². The number of aromatic nitrogens is 1. The fourth-order valence-electron chi connectivity index (χ4n) is 4.25. The number of esters is 1. The largest absolute Gasteiger partial charge is 0.447 e. The first-order valence-electron chi connectivity index (χ1n) is 9.10. The van der Waals surface area contributed by atoms with Gasteiger partial charge >= 0.3 is 5.97 Å². The van der Waals surface area contributed by atoms with E-state index in [0.29, 0.717) is 29.0 Å². The summed E-state index contributed by atoms with van der Waals surface area (Å²) in [6, 6.07) is 10.7. The highest BCUT2D eigenvalue weighted by Gasteiger charge is 2.45. The molecular weight excluding hydrogens is 332 g/mol. The van der Waals surface area contributed by atoms with Crippen LogP contribution in [0.4, 0.5) is 5.82 Å². The molecule has 6 nitrogen and oxygen atoms in total. The van der Waals surface area contributed by atoms with E-state index >= 15 is 0 Å². The lowest BCUT2D eigenvalue weighted by Crippen LogP contribution is -2.30. The molecule has 0 aliphatic heterocycles. The van der Waals surface area contributed by atoms with Gasteiger partial charge in [-0.05, 0) is 38.0 Å². The molecule has 2 saturated carbocycles. The minimum Gasteiger partial charge on any atom is -0.447 e. The lowest BCUT2D eigenvalue weighted by atomic mass is 9.89. The predicted octanol–water partition coefficient (Wildman–Crippen LogP) is 3.64. The van der Waals surface area contributed by atoms with Crippen LogP contribution in [0.3, 0.4) is 0 Å². The number of carbonyl (C=O) groups is 2. The fraction of sp³-hybridized carbons (Fsp3) is 0.450. The molecule has 2 bridgehead atoms. The molecule has 1 aromatic heterocycles. The number of anilines is 1. The van der Waals surface area contributed by atoms with E-state index in [1.54, 1.807) is 25.1 Å². The van der Waals surface area contributed by atoms with Crippen LogP contribution in [0.2, 0.25) is 0 Å². The van der Waals surface area contributed by atoms with Crippen molar-refractivity contribution in [1.82, 2.24) is 5.16 Å². The van der Waals surface area contributed by atoms with Crippen molar-refractivity contribution in [3.63, 3.8) is 0 Å². The van der Waals surface area contributed by atoms with E-state index in [9.17, 15) is 9.59 Å². The second-order valence-electron chi connectivity index (χ2n) is 7.32. The van der Waals surface area contributed by atoms with Gasteiger partial charge in [-0.2, -0.15) is 0 Å². The third kappa shape index (κ3) is 3.36. The molecule has 0 unspecified atom stereocenters. The van der Waals surface area contributed by atoms with Gasteiger partial charge in [0.1, 0.15) is 5.76 Å². The Morgan fingerprint density at radius 2 is 2.04 bits per heavy atom. The minimum atomic E-state index is -1.00. The Bertz CT molecular complexity index is 801. The summed E-state index contributed by atoms with van der Waals surface area (Å²) in [6.45, 7) is 1.74. The van der Waals surface area contributed by atoms with Gasteiger partial charge in [0.2, 0.25) is 6.10 Å². The molecular formula is C20H22N2O4. The van der Waals surface area contributed by atoms with Crippen LogP contribution in [0.25, 0.3) is 0 Å². The molecule has 0 spiro atoms. The Hall–Kier alpha value is -2.63. The zero-order valence-electron chi connectivity index (χ0n) is 14.7. The van der Waals surface area contributed by atoms with Crippen LogP contribution in [0.15, 0.2) is 40.9 Å². The standard InChI is InChI=1S/C20H22N2O4/c1-12-9-17(22-26-12)21-19(23)18(14-5-3-2-4-6-14)25-20(24)16-11-13-7-8-15(16)10-13/h2-6,9,13,15-16,18H,7-8,10-11H2,1H3,(H,21,22,23)/t13-,15-,16-,18-/m0/s1. The highest BCUT2D eigenvalue weighted by atomic mass is 16.5. The Morgan fingerprint density at radius 1 is 1.23 bits per heavy atom. The van der Waals surface area contributed by atoms with Gasteiger partial charge in [-0.25, -0.2) is 0 Å². The number of nitrogens with one attached hydrogen (secondary N) is 1. The average molecular weight is 354 g/mol. The van der Waals surface area contributed by atoms with Crippen molar-refractivity contribution in [3.8, 4) is 0 Å². The van der Waals surface area contributed by atoms with Crippen LogP contribution < -0.4 is 5.32 Å². The van der Waals surface area contributed by atoms with Crippen molar-refractivity contribution in [2.75, 3.05) is 5.32 Å². The molecule has 26 heavy (non-hydrogen) atoms. The van der Waals surface area contributed by atoms with Crippen LogP contribution in [0, 0.1) is 24.7 Å². The average Bonchev–Trinajstić information content (AvgIpc) is 3.37. The van der Waals surface area contributed by atoms with Crippen LogP contribution in [-0.2, 0) is 14.3 Å². The number of carbonyl (C=O) groups excluding carboxylic acids is 2. The molecule has 0 saturated heterocycles. The van der Waals surface area contributed by atoms with E-state index in [2.05, 4.69) is 10.5 Å². The Labute approximate surface area is 151 Å². The van der Waals surface area contributed by atoms with Crippen LogP contribution in [0.5, 0.6) is 0 Å². The number of nitrogens with zero attached hydrogens (tertiary/aromatic N) is 1. The first-order chi connectivity index (χ1) is 12.6. The van der Waals surface area contributed by atoms with Gasteiger partial charge in [0.25, 0.3) is 5.91 Å². The summed E-state index contributed by atoms with van der Waals surface area (Å²) in [5.41, 5.74) is 0.640. The fourth-order valence-corrected chi connectivity index (χ4v) is 4.25. The van der Waals surface area contributed by atoms with Gasteiger partial charge in [-0.3, -0.25) is 9.59 Å². The molecule has 0 radical (unpaired) electrons. The molecule has 2 aliphatic rings. The Morgan fingerprint density at radius 3 is 2.65 bits per heavy atom. The quantitative estimate of drug-likeness (QED) is 0.829. The summed E-state index contributed by atoms with van der Waals surface area (Å²) in [5, 5.41) is 6.44. The van der Waals surface area contributed by atoms with Crippen molar-refractivity contribution in [2.45, 2.75) is 38.7 Å². The molecule has 2 fully saturated rings. The van der Waals surface area contributed by atoms with Crippen molar-refractivity contribution in [3.05, 3.63) is 47.7 Å². The molecule has 1 heterocycles. The van der Waals surface area contributed by atoms with E-state index in [1.807, 2.05) is 18.2 Å². The molecule has 4 atom stereocenters. The van der Waals surface area contributed by atoms with E-state index in [4.69, 9.17) is 9.26 Å². The van der Waals surface area contributed by atoms with Gasteiger partial charge in [0.05, 0.1) is 5.92 Å². The highest BCUT2D eigenvalue weighted by molar-refractivity contribution is 5.95. The molecule has 2 aliphatic carbocycles. The summed E-state index contributed by atoms with van der Waals surface area (Å²) in [7, 11) is 0. The number of rotatable bonds is 5. The molecule has 1 aromatic carbocycles. The maximum absolute atomic E-state index is 12.8. The van der Waals surface area contributed by atoms with E-state index < -0.39 is 12.0 Å². The van der Waals surface area contributed by atoms with Crippen LogP contribution in [-0.4, -0.2) is 17.0 Å². The first kappa shape index (κ1) is 16.8. The normalized spacial score (nSPS) is 25.0. The number of amides is 1. The van der Waals surface area contributed by atoms with Gasteiger partial charge in [-0.1, -0.05) is 41.9 Å². The number of ether oxygens (including phenoxy) is 1. The topological polar surface area (TPSA) is 81.4 Å². The monoisotopic (exact) mass is 354 g/mol. The van der Waals surface area contributed by atoms with Crippen molar-refractivity contribution in [1.29, 1.82) is 0 Å².